The molecule has 2 aliphatic heterocycles. The second-order valence-electron chi connectivity index (χ2n) is 7.06. The Bertz CT molecular complexity index is 768. The molecule has 1 aromatic carbocycles. The van der Waals surface area contributed by atoms with Gasteiger partial charge in [0.2, 0.25) is 5.91 Å². The molecule has 1 N–H and O–H groups in total. The molecule has 0 unspecified atom stereocenters. The van der Waals surface area contributed by atoms with Crippen LogP contribution in [0.2, 0.25) is 0 Å². The highest BCUT2D eigenvalue weighted by Crippen LogP contribution is 2.32. The van der Waals surface area contributed by atoms with Crippen LogP contribution in [-0.2, 0) is 11.3 Å². The van der Waals surface area contributed by atoms with E-state index in [2.05, 4.69) is 16.4 Å². The summed E-state index contributed by atoms with van der Waals surface area (Å²) < 4.78 is 11.8. The molecule has 3 heterocycles. The third-order valence-corrected chi connectivity index (χ3v) is 5.13. The molecule has 1 saturated heterocycles. The number of amides is 1. The summed E-state index contributed by atoms with van der Waals surface area (Å²) in [7, 11) is 0. The van der Waals surface area contributed by atoms with Crippen molar-refractivity contribution in [2.45, 2.75) is 38.0 Å². The molecule has 4 rings (SSSR count). The molecule has 2 atom stereocenters. The number of likely N-dealkylation sites (tertiary alicyclic amines) is 1. The van der Waals surface area contributed by atoms with E-state index in [1.54, 1.807) is 6.20 Å². The SMILES string of the molecule is O=C1CC[C@H](CCNCc2cccnc2)N1C[C@@H]1COc2ccccc2O1. The normalized spacial score (nSPS) is 21.5. The summed E-state index contributed by atoms with van der Waals surface area (Å²) in [5, 5.41) is 3.45. The van der Waals surface area contributed by atoms with E-state index < -0.39 is 0 Å². The fourth-order valence-corrected chi connectivity index (χ4v) is 3.72. The molecule has 6 heteroatoms. The topological polar surface area (TPSA) is 63.7 Å². The third kappa shape index (κ3) is 4.39. The number of para-hydroxylation sites is 2. The smallest absolute Gasteiger partial charge is 0.223 e. The zero-order valence-electron chi connectivity index (χ0n) is 15.3. The summed E-state index contributed by atoms with van der Waals surface area (Å²) in [6, 6.07) is 11.9. The first-order valence-electron chi connectivity index (χ1n) is 9.57. The van der Waals surface area contributed by atoms with Crippen LogP contribution in [0.1, 0.15) is 24.8 Å². The number of hydrogen-bond donors (Lipinski definition) is 1. The van der Waals surface area contributed by atoms with Crippen molar-refractivity contribution in [1.82, 2.24) is 15.2 Å². The van der Waals surface area contributed by atoms with Crippen LogP contribution in [-0.4, -0.2) is 47.6 Å². The number of carbonyl (C=O) groups is 1. The summed E-state index contributed by atoms with van der Waals surface area (Å²) in [6.07, 6.45) is 6.01. The van der Waals surface area contributed by atoms with E-state index in [1.807, 2.05) is 41.4 Å². The summed E-state index contributed by atoms with van der Waals surface area (Å²) in [5.74, 6) is 1.75. The number of nitrogens with one attached hydrogen (secondary N) is 1. The molecular formula is C21H25N3O3. The molecule has 0 spiro atoms. The lowest BCUT2D eigenvalue weighted by molar-refractivity contribution is -0.130. The summed E-state index contributed by atoms with van der Waals surface area (Å²) >= 11 is 0. The maximum absolute atomic E-state index is 12.4. The fraction of sp³-hybridized carbons (Fsp3) is 0.429. The minimum atomic E-state index is -0.118. The van der Waals surface area contributed by atoms with Crippen molar-refractivity contribution in [3.8, 4) is 11.5 Å². The molecule has 2 aromatic rings. The van der Waals surface area contributed by atoms with Crippen molar-refractivity contribution in [2.24, 2.45) is 0 Å². The van der Waals surface area contributed by atoms with Gasteiger partial charge in [0.1, 0.15) is 6.61 Å². The first-order valence-corrected chi connectivity index (χ1v) is 9.57. The van der Waals surface area contributed by atoms with Gasteiger partial charge in [-0.1, -0.05) is 18.2 Å². The van der Waals surface area contributed by atoms with Gasteiger partial charge in [-0.2, -0.15) is 0 Å². The maximum Gasteiger partial charge on any atom is 0.223 e. The van der Waals surface area contributed by atoms with Crippen LogP contribution < -0.4 is 14.8 Å². The first-order chi connectivity index (χ1) is 13.3. The molecular weight excluding hydrogens is 342 g/mol. The van der Waals surface area contributed by atoms with Gasteiger partial charge < -0.3 is 19.7 Å². The zero-order chi connectivity index (χ0) is 18.5. The van der Waals surface area contributed by atoms with Crippen LogP contribution >= 0.6 is 0 Å². The van der Waals surface area contributed by atoms with Crippen LogP contribution in [0.25, 0.3) is 0 Å². The largest absolute Gasteiger partial charge is 0.486 e. The van der Waals surface area contributed by atoms with Crippen LogP contribution in [0, 0.1) is 0 Å². The predicted molar refractivity (Wildman–Crippen MR) is 102 cm³/mol. The van der Waals surface area contributed by atoms with Crippen molar-refractivity contribution in [1.29, 1.82) is 0 Å². The van der Waals surface area contributed by atoms with Gasteiger partial charge in [-0.15, -0.1) is 0 Å². The molecule has 0 bridgehead atoms. The number of nitrogens with zero attached hydrogens (tertiary/aromatic N) is 2. The second kappa shape index (κ2) is 8.39. The molecule has 27 heavy (non-hydrogen) atoms. The molecule has 1 fully saturated rings. The predicted octanol–water partition coefficient (Wildman–Crippen LogP) is 2.39. The monoisotopic (exact) mass is 367 g/mol. The number of fused-ring (bicyclic) bond motifs is 1. The lowest BCUT2D eigenvalue weighted by atomic mass is 10.1. The highest BCUT2D eigenvalue weighted by Gasteiger charge is 2.34. The van der Waals surface area contributed by atoms with Gasteiger partial charge in [0.05, 0.1) is 6.54 Å². The van der Waals surface area contributed by atoms with E-state index in [1.165, 1.54) is 5.56 Å². The van der Waals surface area contributed by atoms with E-state index in [4.69, 9.17) is 9.47 Å². The average molecular weight is 367 g/mol. The Balaban J connectivity index is 1.27. The van der Waals surface area contributed by atoms with E-state index in [0.717, 1.165) is 37.4 Å². The highest BCUT2D eigenvalue weighted by atomic mass is 16.6. The average Bonchev–Trinajstić information content (AvgIpc) is 3.05. The van der Waals surface area contributed by atoms with E-state index >= 15 is 0 Å². The number of aromatic nitrogens is 1. The number of hydrogen-bond acceptors (Lipinski definition) is 5. The Morgan fingerprint density at radius 1 is 1.19 bits per heavy atom. The molecule has 6 nitrogen and oxygen atoms in total. The highest BCUT2D eigenvalue weighted by molar-refractivity contribution is 5.78. The van der Waals surface area contributed by atoms with Crippen molar-refractivity contribution in [2.75, 3.05) is 19.7 Å². The standard InChI is InChI=1S/C21H25N3O3/c25-21-8-7-17(9-11-23-13-16-4-3-10-22-12-16)24(21)14-18-15-26-19-5-1-2-6-20(19)27-18/h1-6,10,12,17-18,23H,7-9,11,13-15H2/t17-,18-/m1/s1. The van der Waals surface area contributed by atoms with Gasteiger partial charge in [0, 0.05) is 31.4 Å². The molecule has 0 radical (unpaired) electrons. The van der Waals surface area contributed by atoms with Crippen LogP contribution in [0.15, 0.2) is 48.8 Å². The van der Waals surface area contributed by atoms with Gasteiger partial charge in [-0.05, 0) is 43.1 Å². The maximum atomic E-state index is 12.4. The van der Waals surface area contributed by atoms with E-state index in [0.29, 0.717) is 19.6 Å². The van der Waals surface area contributed by atoms with Crippen molar-refractivity contribution in [3.05, 3.63) is 54.4 Å². The molecule has 0 saturated carbocycles. The van der Waals surface area contributed by atoms with Gasteiger partial charge in [-0.25, -0.2) is 0 Å². The quantitative estimate of drug-likeness (QED) is 0.762. The van der Waals surface area contributed by atoms with E-state index in [9.17, 15) is 4.79 Å². The minimum Gasteiger partial charge on any atom is -0.486 e. The van der Waals surface area contributed by atoms with Crippen LogP contribution in [0.4, 0.5) is 0 Å². The molecule has 0 aliphatic carbocycles. The number of benzene rings is 1. The van der Waals surface area contributed by atoms with Crippen LogP contribution in [0.3, 0.4) is 0 Å². The lowest BCUT2D eigenvalue weighted by Gasteiger charge is -2.32. The van der Waals surface area contributed by atoms with Gasteiger partial charge in [0.25, 0.3) is 0 Å². The van der Waals surface area contributed by atoms with Gasteiger partial charge >= 0.3 is 0 Å². The van der Waals surface area contributed by atoms with Gasteiger partial charge in [-0.3, -0.25) is 9.78 Å². The second-order valence-corrected chi connectivity index (χ2v) is 7.06. The third-order valence-electron chi connectivity index (χ3n) is 5.13. The number of rotatable bonds is 7. The Morgan fingerprint density at radius 2 is 2.07 bits per heavy atom. The molecule has 1 amide bonds. The van der Waals surface area contributed by atoms with Crippen molar-refractivity contribution >= 4 is 5.91 Å². The molecule has 2 aliphatic rings. The molecule has 1 aromatic heterocycles. The summed E-state index contributed by atoms with van der Waals surface area (Å²) in [5.41, 5.74) is 1.17. The summed E-state index contributed by atoms with van der Waals surface area (Å²) in [6.45, 7) is 2.73. The molecule has 142 valence electrons. The van der Waals surface area contributed by atoms with Crippen molar-refractivity contribution < 1.29 is 14.3 Å². The zero-order valence-corrected chi connectivity index (χ0v) is 15.3. The summed E-state index contributed by atoms with van der Waals surface area (Å²) in [4.78, 5) is 18.5. The number of carbonyl (C=O) groups excluding carboxylic acids is 1. The van der Waals surface area contributed by atoms with Crippen LogP contribution in [0.5, 0.6) is 11.5 Å². The fourth-order valence-electron chi connectivity index (χ4n) is 3.72. The van der Waals surface area contributed by atoms with Gasteiger partial charge in [0.15, 0.2) is 17.6 Å². The van der Waals surface area contributed by atoms with E-state index in [-0.39, 0.29) is 18.1 Å². The Morgan fingerprint density at radius 3 is 2.93 bits per heavy atom. The van der Waals surface area contributed by atoms with Crippen molar-refractivity contribution in [3.63, 3.8) is 0 Å². The number of ether oxygens (including phenoxy) is 2. The Hall–Kier alpha value is -2.60. The Labute approximate surface area is 159 Å². The first kappa shape index (κ1) is 17.8. The Kier molecular flexibility index (Phi) is 5.53. The lowest BCUT2D eigenvalue weighted by Crippen LogP contribution is -2.45. The number of pyridine rings is 1. The minimum absolute atomic E-state index is 0.118.